The minimum atomic E-state index is -1.01. The molecule has 11 heteroatoms. The molecule has 4 aromatic rings. The fraction of sp³-hybridized carbons (Fsp3) is 0.417. The van der Waals surface area contributed by atoms with Crippen LogP contribution in [0.3, 0.4) is 0 Å². The van der Waals surface area contributed by atoms with Crippen molar-refractivity contribution in [3.63, 3.8) is 0 Å². The summed E-state index contributed by atoms with van der Waals surface area (Å²) in [5, 5.41) is 5.90. The number of carbonyl (C=O) groups excluding carboxylic acids is 2. The van der Waals surface area contributed by atoms with E-state index in [2.05, 4.69) is 74.2 Å². The number of nitrogens with one attached hydrogen (secondary N) is 2. The van der Waals surface area contributed by atoms with Gasteiger partial charge in [0.2, 0.25) is 0 Å². The largest absolute Gasteiger partial charge is 0.458 e. The van der Waals surface area contributed by atoms with Crippen LogP contribution in [0.15, 0.2) is 67.0 Å². The third-order valence-electron chi connectivity index (χ3n) is 8.20. The summed E-state index contributed by atoms with van der Waals surface area (Å²) in [6.07, 6.45) is 2.70. The zero-order chi connectivity index (χ0) is 33.6. The van der Waals surface area contributed by atoms with Gasteiger partial charge in [-0.3, -0.25) is 0 Å². The Labute approximate surface area is 276 Å². The number of nitrogens with zero attached hydrogens (tertiary/aromatic N) is 5. The van der Waals surface area contributed by atoms with Gasteiger partial charge in [0, 0.05) is 48.2 Å². The fourth-order valence-corrected chi connectivity index (χ4v) is 5.82. The summed E-state index contributed by atoms with van der Waals surface area (Å²) in [4.78, 5) is 42.1. The SMILES string of the molecule is Cc1c(NCC(NC(=O)OCc2ccccc2)C(=O)OC(C)(C)C)ncnc1N1CCC(c2cccc(-n3c(C)ccc3C)n2)CC1. The number of alkyl carbamates (subject to hydrolysis) is 1. The number of rotatable bonds is 10. The Morgan fingerprint density at radius 1 is 0.936 bits per heavy atom. The van der Waals surface area contributed by atoms with E-state index < -0.39 is 23.7 Å². The van der Waals surface area contributed by atoms with E-state index in [0.717, 1.165) is 54.4 Å². The topological polar surface area (TPSA) is 124 Å². The number of carbonyl (C=O) groups is 2. The number of anilines is 2. The molecule has 248 valence electrons. The molecule has 0 radical (unpaired) electrons. The molecule has 1 aliphatic rings. The molecule has 1 saturated heterocycles. The van der Waals surface area contributed by atoms with Crippen LogP contribution in [0.4, 0.5) is 16.4 Å². The lowest BCUT2D eigenvalue weighted by atomic mass is 9.93. The van der Waals surface area contributed by atoms with Gasteiger partial charge >= 0.3 is 12.1 Å². The molecular weight excluding hydrogens is 594 g/mol. The lowest BCUT2D eigenvalue weighted by Crippen LogP contribution is -2.48. The number of hydrogen-bond donors (Lipinski definition) is 2. The van der Waals surface area contributed by atoms with E-state index in [4.69, 9.17) is 14.5 Å². The molecule has 47 heavy (non-hydrogen) atoms. The summed E-state index contributed by atoms with van der Waals surface area (Å²) < 4.78 is 13.1. The summed E-state index contributed by atoms with van der Waals surface area (Å²) in [6, 6.07) is 18.9. The van der Waals surface area contributed by atoms with Crippen LogP contribution < -0.4 is 15.5 Å². The van der Waals surface area contributed by atoms with Crippen molar-refractivity contribution < 1.29 is 19.1 Å². The van der Waals surface area contributed by atoms with Crippen LogP contribution in [0.5, 0.6) is 0 Å². The summed E-state index contributed by atoms with van der Waals surface area (Å²) in [5.74, 6) is 2.15. The number of aryl methyl sites for hydroxylation is 2. The van der Waals surface area contributed by atoms with E-state index in [9.17, 15) is 9.59 Å². The van der Waals surface area contributed by atoms with Crippen LogP contribution in [0.1, 0.15) is 67.7 Å². The van der Waals surface area contributed by atoms with Crippen LogP contribution in [0.2, 0.25) is 0 Å². The first kappa shape index (κ1) is 33.4. The highest BCUT2D eigenvalue weighted by Gasteiger charge is 2.29. The highest BCUT2D eigenvalue weighted by Crippen LogP contribution is 2.32. The highest BCUT2D eigenvalue weighted by molar-refractivity contribution is 5.82. The Kier molecular flexibility index (Phi) is 10.4. The maximum Gasteiger partial charge on any atom is 0.408 e. The van der Waals surface area contributed by atoms with Crippen LogP contribution in [-0.2, 0) is 20.9 Å². The summed E-state index contributed by atoms with van der Waals surface area (Å²) in [5.41, 5.74) is 4.42. The quantitative estimate of drug-likeness (QED) is 0.201. The zero-order valence-corrected chi connectivity index (χ0v) is 28.1. The minimum absolute atomic E-state index is 0.0526. The molecule has 1 amide bonds. The molecule has 3 aromatic heterocycles. The lowest BCUT2D eigenvalue weighted by Gasteiger charge is -2.33. The smallest absolute Gasteiger partial charge is 0.408 e. The number of hydrogen-bond acceptors (Lipinski definition) is 9. The molecule has 1 unspecified atom stereocenters. The van der Waals surface area contributed by atoms with E-state index in [0.29, 0.717) is 11.7 Å². The fourth-order valence-electron chi connectivity index (χ4n) is 5.82. The molecule has 1 aliphatic heterocycles. The van der Waals surface area contributed by atoms with Gasteiger partial charge in [0.1, 0.15) is 42.0 Å². The number of ether oxygens (including phenoxy) is 2. The average molecular weight is 640 g/mol. The Balaban J connectivity index is 1.22. The third-order valence-corrected chi connectivity index (χ3v) is 8.20. The van der Waals surface area contributed by atoms with Crippen molar-refractivity contribution in [2.45, 2.75) is 78.6 Å². The van der Waals surface area contributed by atoms with Gasteiger partial charge in [0.15, 0.2) is 0 Å². The van der Waals surface area contributed by atoms with Crippen LogP contribution >= 0.6 is 0 Å². The normalized spacial score (nSPS) is 14.4. The number of amides is 1. The molecule has 5 rings (SSSR count). The molecule has 1 atom stereocenters. The van der Waals surface area contributed by atoms with Gasteiger partial charge in [0.05, 0.1) is 0 Å². The van der Waals surface area contributed by atoms with Gasteiger partial charge in [-0.25, -0.2) is 24.5 Å². The molecule has 0 bridgehead atoms. The molecule has 0 saturated carbocycles. The minimum Gasteiger partial charge on any atom is -0.458 e. The van der Waals surface area contributed by atoms with Crippen molar-refractivity contribution in [2.75, 3.05) is 29.9 Å². The number of pyridine rings is 1. The maximum atomic E-state index is 13.1. The number of aromatic nitrogens is 4. The van der Waals surface area contributed by atoms with Crippen LogP contribution in [0.25, 0.3) is 5.82 Å². The summed E-state index contributed by atoms with van der Waals surface area (Å²) in [6.45, 7) is 13.3. The van der Waals surface area contributed by atoms with Gasteiger partial charge < -0.3 is 29.6 Å². The Morgan fingerprint density at radius 2 is 1.64 bits per heavy atom. The second-order valence-corrected chi connectivity index (χ2v) is 13.0. The second kappa shape index (κ2) is 14.7. The Hall–Kier alpha value is -4.93. The average Bonchev–Trinajstić information content (AvgIpc) is 3.39. The van der Waals surface area contributed by atoms with Gasteiger partial charge in [-0.05, 0) is 84.2 Å². The molecule has 11 nitrogen and oxygen atoms in total. The first-order chi connectivity index (χ1) is 22.5. The monoisotopic (exact) mass is 639 g/mol. The highest BCUT2D eigenvalue weighted by atomic mass is 16.6. The molecule has 1 aromatic carbocycles. The lowest BCUT2D eigenvalue weighted by molar-refractivity contribution is -0.156. The van der Waals surface area contributed by atoms with Crippen molar-refractivity contribution in [3.05, 3.63) is 95.2 Å². The first-order valence-corrected chi connectivity index (χ1v) is 16.1. The van der Waals surface area contributed by atoms with Crippen molar-refractivity contribution in [1.29, 1.82) is 0 Å². The predicted octanol–water partition coefficient (Wildman–Crippen LogP) is 6.02. The summed E-state index contributed by atoms with van der Waals surface area (Å²) in [7, 11) is 0. The molecule has 4 heterocycles. The van der Waals surface area contributed by atoms with Crippen molar-refractivity contribution >= 4 is 23.7 Å². The van der Waals surface area contributed by atoms with Gasteiger partial charge in [0.25, 0.3) is 0 Å². The Morgan fingerprint density at radius 3 is 2.32 bits per heavy atom. The number of benzene rings is 1. The number of piperidine rings is 1. The molecular formula is C36H45N7O4. The molecule has 2 N–H and O–H groups in total. The van der Waals surface area contributed by atoms with Crippen LogP contribution in [0, 0.1) is 20.8 Å². The van der Waals surface area contributed by atoms with Gasteiger partial charge in [-0.15, -0.1) is 0 Å². The van der Waals surface area contributed by atoms with E-state index in [1.165, 1.54) is 17.7 Å². The Bertz CT molecular complexity index is 1650. The molecule has 0 aliphatic carbocycles. The predicted molar refractivity (Wildman–Crippen MR) is 182 cm³/mol. The number of esters is 1. The second-order valence-electron chi connectivity index (χ2n) is 13.0. The van der Waals surface area contributed by atoms with E-state index in [1.54, 1.807) is 20.8 Å². The summed E-state index contributed by atoms with van der Waals surface area (Å²) >= 11 is 0. The molecule has 1 fully saturated rings. The van der Waals surface area contributed by atoms with Gasteiger partial charge in [-0.2, -0.15) is 0 Å². The van der Waals surface area contributed by atoms with E-state index in [-0.39, 0.29) is 13.2 Å². The van der Waals surface area contributed by atoms with E-state index >= 15 is 0 Å². The van der Waals surface area contributed by atoms with E-state index in [1.807, 2.05) is 37.3 Å². The molecule has 0 spiro atoms. The maximum absolute atomic E-state index is 13.1. The van der Waals surface area contributed by atoms with Gasteiger partial charge in [-0.1, -0.05) is 36.4 Å². The standard InChI is InChI=1S/C36H45N7O4/c1-24-15-16-25(2)43(24)31-14-10-13-29(40-31)28-17-19-42(20-18-28)33-26(3)32(38-23-39-33)37-21-30(34(44)47-36(4,5)6)41-35(45)46-22-27-11-8-7-9-12-27/h7-16,23,28,30H,17-22H2,1-6H3,(H,41,45)(H,37,38,39). The third kappa shape index (κ3) is 8.66. The zero-order valence-electron chi connectivity index (χ0n) is 28.1. The van der Waals surface area contributed by atoms with Crippen molar-refractivity contribution in [3.8, 4) is 5.82 Å². The van der Waals surface area contributed by atoms with Crippen molar-refractivity contribution in [1.82, 2.24) is 24.8 Å². The van der Waals surface area contributed by atoms with Crippen LogP contribution in [-0.4, -0.2) is 62.9 Å². The van der Waals surface area contributed by atoms with Crippen molar-refractivity contribution in [2.24, 2.45) is 0 Å². The first-order valence-electron chi connectivity index (χ1n) is 16.1.